The summed E-state index contributed by atoms with van der Waals surface area (Å²) in [5.74, 6) is -0.916. The summed E-state index contributed by atoms with van der Waals surface area (Å²) in [5.41, 5.74) is 0.944. The second kappa shape index (κ2) is 11.8. The van der Waals surface area contributed by atoms with E-state index >= 15 is 0 Å². The number of sulfonamides is 1. The summed E-state index contributed by atoms with van der Waals surface area (Å²) in [6, 6.07) is 21.4. The molecule has 1 fully saturated rings. The maximum Gasteiger partial charge on any atom is 0.264 e. The summed E-state index contributed by atoms with van der Waals surface area (Å²) in [6.07, 6.45) is 1.85. The predicted octanol–water partition coefficient (Wildman–Crippen LogP) is 4.03. The standard InChI is InChI=1S/C26H26IN3O5S/c27-19-12-14-20(15-13-19)30(36(33,34)22-8-2-1-3-9-22)18-25(31)29-24-11-5-4-10-23(24)26(32)28-17-21-7-6-16-35-21/h1-5,8-15,21H,6-7,16-18H2,(H,28,32)(H,29,31)/t21-/m1/s1. The fourth-order valence-corrected chi connectivity index (χ4v) is 5.66. The minimum atomic E-state index is -4.02. The van der Waals surface area contributed by atoms with Crippen LogP contribution in [0.25, 0.3) is 0 Å². The summed E-state index contributed by atoms with van der Waals surface area (Å²) in [7, 11) is -4.02. The molecule has 0 aromatic heterocycles. The highest BCUT2D eigenvalue weighted by molar-refractivity contribution is 14.1. The Morgan fingerprint density at radius 1 is 0.972 bits per heavy atom. The molecule has 0 spiro atoms. The van der Waals surface area contributed by atoms with Gasteiger partial charge in [-0.3, -0.25) is 13.9 Å². The third kappa shape index (κ3) is 6.42. The Bertz CT molecular complexity index is 1310. The van der Waals surface area contributed by atoms with Gasteiger partial charge in [0.05, 0.1) is 27.9 Å². The Labute approximate surface area is 224 Å². The van der Waals surface area contributed by atoms with E-state index in [4.69, 9.17) is 4.74 Å². The van der Waals surface area contributed by atoms with Gasteiger partial charge in [0, 0.05) is 16.7 Å². The van der Waals surface area contributed by atoms with Gasteiger partial charge in [0.1, 0.15) is 6.54 Å². The smallest absolute Gasteiger partial charge is 0.264 e. The van der Waals surface area contributed by atoms with Crippen LogP contribution in [0, 0.1) is 3.57 Å². The van der Waals surface area contributed by atoms with Gasteiger partial charge in [0.15, 0.2) is 0 Å². The normalized spacial score (nSPS) is 15.3. The number of benzene rings is 3. The number of carbonyl (C=O) groups excluding carboxylic acids is 2. The molecule has 36 heavy (non-hydrogen) atoms. The van der Waals surface area contributed by atoms with Gasteiger partial charge in [0.2, 0.25) is 5.91 Å². The number of halogens is 1. The number of para-hydroxylation sites is 1. The quantitative estimate of drug-likeness (QED) is 0.352. The fraction of sp³-hybridized carbons (Fsp3) is 0.231. The summed E-state index contributed by atoms with van der Waals surface area (Å²) in [6.45, 7) is 0.608. The number of hydrogen-bond donors (Lipinski definition) is 2. The van der Waals surface area contributed by atoms with E-state index in [2.05, 4.69) is 33.2 Å². The maximum atomic E-state index is 13.5. The third-order valence-electron chi connectivity index (χ3n) is 5.69. The minimum absolute atomic E-state index is 0.0126. The zero-order chi connectivity index (χ0) is 25.5. The van der Waals surface area contributed by atoms with Gasteiger partial charge in [-0.1, -0.05) is 30.3 Å². The average Bonchev–Trinajstić information content (AvgIpc) is 3.41. The Balaban J connectivity index is 1.54. The first kappa shape index (κ1) is 26.1. The average molecular weight is 619 g/mol. The number of rotatable bonds is 9. The molecular formula is C26H26IN3O5S. The maximum absolute atomic E-state index is 13.5. The molecule has 0 bridgehead atoms. The lowest BCUT2D eigenvalue weighted by molar-refractivity contribution is -0.114. The van der Waals surface area contributed by atoms with E-state index < -0.39 is 22.5 Å². The van der Waals surface area contributed by atoms with Crippen molar-refractivity contribution in [2.24, 2.45) is 0 Å². The van der Waals surface area contributed by atoms with Crippen molar-refractivity contribution in [3.05, 3.63) is 88.0 Å². The van der Waals surface area contributed by atoms with E-state index in [1.54, 1.807) is 66.7 Å². The number of anilines is 2. The van der Waals surface area contributed by atoms with Crippen molar-refractivity contribution < 1.29 is 22.7 Å². The number of nitrogens with one attached hydrogen (secondary N) is 2. The molecule has 3 aromatic rings. The zero-order valence-electron chi connectivity index (χ0n) is 19.4. The van der Waals surface area contributed by atoms with Crippen molar-refractivity contribution in [2.75, 3.05) is 29.3 Å². The van der Waals surface area contributed by atoms with Crippen molar-refractivity contribution in [3.8, 4) is 0 Å². The van der Waals surface area contributed by atoms with Gasteiger partial charge < -0.3 is 15.4 Å². The molecule has 1 saturated heterocycles. The van der Waals surface area contributed by atoms with E-state index in [1.807, 2.05) is 0 Å². The van der Waals surface area contributed by atoms with E-state index in [0.29, 0.717) is 24.5 Å². The Morgan fingerprint density at radius 2 is 1.67 bits per heavy atom. The van der Waals surface area contributed by atoms with Gasteiger partial charge in [-0.15, -0.1) is 0 Å². The van der Waals surface area contributed by atoms with Gasteiger partial charge in [0.25, 0.3) is 15.9 Å². The largest absolute Gasteiger partial charge is 0.376 e. The third-order valence-corrected chi connectivity index (χ3v) is 8.20. The van der Waals surface area contributed by atoms with E-state index in [-0.39, 0.29) is 22.5 Å². The molecule has 1 aliphatic heterocycles. The molecule has 4 rings (SSSR count). The van der Waals surface area contributed by atoms with Crippen molar-refractivity contribution in [3.63, 3.8) is 0 Å². The molecule has 3 aromatic carbocycles. The second-order valence-electron chi connectivity index (χ2n) is 8.24. The lowest BCUT2D eigenvalue weighted by Gasteiger charge is -2.24. The van der Waals surface area contributed by atoms with E-state index in [9.17, 15) is 18.0 Å². The van der Waals surface area contributed by atoms with Crippen LogP contribution in [0.15, 0.2) is 83.8 Å². The van der Waals surface area contributed by atoms with E-state index in [0.717, 1.165) is 20.7 Å². The van der Waals surface area contributed by atoms with Crippen LogP contribution >= 0.6 is 22.6 Å². The lowest BCUT2D eigenvalue weighted by Crippen LogP contribution is -2.38. The molecular weight excluding hydrogens is 593 g/mol. The van der Waals surface area contributed by atoms with Crippen molar-refractivity contribution in [2.45, 2.75) is 23.8 Å². The second-order valence-corrected chi connectivity index (χ2v) is 11.3. The summed E-state index contributed by atoms with van der Waals surface area (Å²) < 4.78 is 34.5. The van der Waals surface area contributed by atoms with Crippen LogP contribution in [0.1, 0.15) is 23.2 Å². The first-order chi connectivity index (χ1) is 17.3. The molecule has 10 heteroatoms. The summed E-state index contributed by atoms with van der Waals surface area (Å²) in [5, 5.41) is 5.57. The lowest BCUT2D eigenvalue weighted by atomic mass is 10.1. The molecule has 0 saturated carbocycles. The first-order valence-corrected chi connectivity index (χ1v) is 14.0. The molecule has 0 radical (unpaired) electrons. The molecule has 1 aliphatic rings. The van der Waals surface area contributed by atoms with Crippen LogP contribution in [-0.4, -0.2) is 46.0 Å². The van der Waals surface area contributed by atoms with Crippen molar-refractivity contribution in [1.29, 1.82) is 0 Å². The highest BCUT2D eigenvalue weighted by atomic mass is 127. The van der Waals surface area contributed by atoms with Crippen LogP contribution < -0.4 is 14.9 Å². The zero-order valence-corrected chi connectivity index (χ0v) is 22.4. The van der Waals surface area contributed by atoms with Crippen LogP contribution in [0.2, 0.25) is 0 Å². The Hall–Kier alpha value is -2.96. The van der Waals surface area contributed by atoms with Crippen LogP contribution in [0.4, 0.5) is 11.4 Å². The minimum Gasteiger partial charge on any atom is -0.376 e. The molecule has 188 valence electrons. The Kier molecular flexibility index (Phi) is 8.60. The van der Waals surface area contributed by atoms with Gasteiger partial charge in [-0.2, -0.15) is 0 Å². The summed E-state index contributed by atoms with van der Waals surface area (Å²) in [4.78, 5) is 26.0. The first-order valence-electron chi connectivity index (χ1n) is 11.5. The molecule has 2 N–H and O–H groups in total. The monoisotopic (exact) mass is 619 g/mol. The van der Waals surface area contributed by atoms with Crippen molar-refractivity contribution >= 4 is 55.8 Å². The molecule has 0 aliphatic carbocycles. The van der Waals surface area contributed by atoms with Gasteiger partial charge >= 0.3 is 0 Å². The van der Waals surface area contributed by atoms with Gasteiger partial charge in [-0.25, -0.2) is 8.42 Å². The number of carbonyl (C=O) groups is 2. The highest BCUT2D eigenvalue weighted by Crippen LogP contribution is 2.25. The number of amides is 2. The number of hydrogen-bond acceptors (Lipinski definition) is 5. The van der Waals surface area contributed by atoms with Gasteiger partial charge in [-0.05, 0) is 84.0 Å². The number of nitrogens with zero attached hydrogens (tertiary/aromatic N) is 1. The molecule has 8 nitrogen and oxygen atoms in total. The summed E-state index contributed by atoms with van der Waals surface area (Å²) >= 11 is 2.13. The van der Waals surface area contributed by atoms with E-state index in [1.165, 1.54) is 12.1 Å². The SMILES string of the molecule is O=C(CN(c1ccc(I)cc1)S(=O)(=O)c1ccccc1)Nc1ccccc1C(=O)NC[C@H]1CCCO1. The number of ether oxygens (including phenoxy) is 1. The molecule has 0 unspecified atom stereocenters. The molecule has 1 atom stereocenters. The fourth-order valence-electron chi connectivity index (χ4n) is 3.86. The highest BCUT2D eigenvalue weighted by Gasteiger charge is 2.27. The topological polar surface area (TPSA) is 105 Å². The molecule has 2 amide bonds. The molecule has 1 heterocycles. The van der Waals surface area contributed by atoms with Crippen LogP contribution in [-0.2, 0) is 19.6 Å². The predicted molar refractivity (Wildman–Crippen MR) is 147 cm³/mol. The van der Waals surface area contributed by atoms with Crippen molar-refractivity contribution in [1.82, 2.24) is 5.32 Å². The van der Waals surface area contributed by atoms with Crippen LogP contribution in [0.3, 0.4) is 0 Å². The van der Waals surface area contributed by atoms with Crippen LogP contribution in [0.5, 0.6) is 0 Å². The Morgan fingerprint density at radius 3 is 2.36 bits per heavy atom.